The van der Waals surface area contributed by atoms with Crippen molar-refractivity contribution in [1.82, 2.24) is 4.98 Å². The maximum atomic E-state index is 9.84. The van der Waals surface area contributed by atoms with E-state index in [9.17, 15) is 4.79 Å². The number of carbonyl (C=O) groups is 1. The van der Waals surface area contributed by atoms with Crippen LogP contribution in [0.2, 0.25) is 0 Å². The number of nitrogens with zero attached hydrogens (tertiary/aromatic N) is 1. The summed E-state index contributed by atoms with van der Waals surface area (Å²) in [5.74, 6) is 0. The first-order valence-corrected chi connectivity index (χ1v) is 7.12. The third kappa shape index (κ3) is 6.70. The van der Waals surface area contributed by atoms with Crippen LogP contribution >= 0.6 is 0 Å². The van der Waals surface area contributed by atoms with Gasteiger partial charge in [0.1, 0.15) is 6.29 Å². The molecule has 2 rings (SSSR count). The van der Waals surface area contributed by atoms with Crippen LogP contribution in [0.1, 0.15) is 45.4 Å². The Kier molecular flexibility index (Phi) is 8.28. The summed E-state index contributed by atoms with van der Waals surface area (Å²) in [5.41, 5.74) is 1.06. The fourth-order valence-electron chi connectivity index (χ4n) is 1.85. The summed E-state index contributed by atoms with van der Waals surface area (Å²) in [5, 5.41) is 1.20. The molecule has 0 saturated carbocycles. The van der Waals surface area contributed by atoms with Crippen molar-refractivity contribution in [3.8, 4) is 0 Å². The number of benzene rings is 1. The first kappa shape index (κ1) is 15.4. The number of pyridine rings is 1. The van der Waals surface area contributed by atoms with E-state index in [1.165, 1.54) is 31.1 Å². The minimum atomic E-state index is 0.754. The molecule has 1 aromatic carbocycles. The van der Waals surface area contributed by atoms with E-state index in [1.54, 1.807) is 0 Å². The zero-order valence-corrected chi connectivity index (χ0v) is 11.7. The molecule has 0 fully saturated rings. The second kappa shape index (κ2) is 10.2. The smallest absolute Gasteiger partial charge is 0.119 e. The zero-order chi connectivity index (χ0) is 13.8. The van der Waals surface area contributed by atoms with Gasteiger partial charge in [0.05, 0.1) is 5.52 Å². The summed E-state index contributed by atoms with van der Waals surface area (Å²) in [4.78, 5) is 14.0. The summed E-state index contributed by atoms with van der Waals surface area (Å²) in [6.07, 6.45) is 9.78. The van der Waals surface area contributed by atoms with Gasteiger partial charge in [-0.15, -0.1) is 0 Å². The van der Waals surface area contributed by atoms with E-state index in [2.05, 4.69) is 24.0 Å². The van der Waals surface area contributed by atoms with Gasteiger partial charge in [-0.2, -0.15) is 0 Å². The molecular formula is C17H23NO. The molecule has 102 valence electrons. The Morgan fingerprint density at radius 1 is 1.00 bits per heavy atom. The number of aldehydes is 1. The maximum absolute atomic E-state index is 9.84. The van der Waals surface area contributed by atoms with E-state index in [0.717, 1.165) is 24.6 Å². The SMILES string of the molecule is CCCCCCCC=O.c1ccc2ncccc2c1. The van der Waals surface area contributed by atoms with Gasteiger partial charge in [-0.25, -0.2) is 0 Å². The predicted octanol–water partition coefficient (Wildman–Crippen LogP) is 4.78. The van der Waals surface area contributed by atoms with E-state index in [4.69, 9.17) is 0 Å². The number of rotatable bonds is 6. The summed E-state index contributed by atoms with van der Waals surface area (Å²) in [6, 6.07) is 12.1. The fraction of sp³-hybridized carbons (Fsp3) is 0.412. The highest BCUT2D eigenvalue weighted by Gasteiger charge is 1.87. The van der Waals surface area contributed by atoms with Crippen LogP contribution in [0, 0.1) is 0 Å². The topological polar surface area (TPSA) is 30.0 Å². The Balaban J connectivity index is 0.000000192. The highest BCUT2D eigenvalue weighted by atomic mass is 16.1. The number of para-hydroxylation sites is 1. The molecule has 0 atom stereocenters. The Hall–Kier alpha value is -1.70. The number of fused-ring (bicyclic) bond motifs is 1. The van der Waals surface area contributed by atoms with Crippen molar-refractivity contribution in [2.24, 2.45) is 0 Å². The summed E-state index contributed by atoms with van der Waals surface area (Å²) >= 11 is 0. The van der Waals surface area contributed by atoms with Gasteiger partial charge in [-0.1, -0.05) is 56.9 Å². The Morgan fingerprint density at radius 2 is 1.74 bits per heavy atom. The van der Waals surface area contributed by atoms with Crippen molar-refractivity contribution in [1.29, 1.82) is 0 Å². The molecule has 0 unspecified atom stereocenters. The molecule has 0 saturated heterocycles. The van der Waals surface area contributed by atoms with Crippen molar-refractivity contribution < 1.29 is 4.79 Å². The average molecular weight is 257 g/mol. The minimum Gasteiger partial charge on any atom is -0.303 e. The summed E-state index contributed by atoms with van der Waals surface area (Å²) in [6.45, 7) is 2.19. The van der Waals surface area contributed by atoms with Crippen molar-refractivity contribution in [2.45, 2.75) is 45.4 Å². The molecule has 0 amide bonds. The van der Waals surface area contributed by atoms with Crippen molar-refractivity contribution in [3.05, 3.63) is 42.6 Å². The first-order valence-electron chi connectivity index (χ1n) is 7.12. The quantitative estimate of drug-likeness (QED) is 0.550. The number of unbranched alkanes of at least 4 members (excludes halogenated alkanes) is 5. The molecule has 0 bridgehead atoms. The van der Waals surface area contributed by atoms with Crippen LogP contribution in [-0.4, -0.2) is 11.3 Å². The molecule has 19 heavy (non-hydrogen) atoms. The van der Waals surface area contributed by atoms with Crippen LogP contribution in [0.15, 0.2) is 42.6 Å². The number of aromatic nitrogens is 1. The largest absolute Gasteiger partial charge is 0.303 e. The van der Waals surface area contributed by atoms with Gasteiger partial charge in [-0.3, -0.25) is 4.98 Å². The van der Waals surface area contributed by atoms with Gasteiger partial charge in [0.25, 0.3) is 0 Å². The number of carbonyl (C=O) groups excluding carboxylic acids is 1. The fourth-order valence-corrected chi connectivity index (χ4v) is 1.85. The normalized spacial score (nSPS) is 9.74. The monoisotopic (exact) mass is 257 g/mol. The van der Waals surface area contributed by atoms with Crippen LogP contribution in [0.3, 0.4) is 0 Å². The third-order valence-corrected chi connectivity index (χ3v) is 2.94. The molecule has 2 nitrogen and oxygen atoms in total. The number of hydrogen-bond donors (Lipinski definition) is 0. The van der Waals surface area contributed by atoms with E-state index in [1.807, 2.05) is 30.5 Å². The van der Waals surface area contributed by atoms with Crippen LogP contribution < -0.4 is 0 Å². The molecule has 0 aliphatic carbocycles. The maximum Gasteiger partial charge on any atom is 0.119 e. The van der Waals surface area contributed by atoms with Crippen LogP contribution in [-0.2, 0) is 4.79 Å². The standard InChI is InChI=1S/C9H7N.C8H16O/c1-2-6-9-8(4-1)5-3-7-10-9;1-2-3-4-5-6-7-8-9/h1-7H;8H,2-7H2,1H3. The number of hydrogen-bond acceptors (Lipinski definition) is 2. The van der Waals surface area contributed by atoms with E-state index in [-0.39, 0.29) is 0 Å². The summed E-state index contributed by atoms with van der Waals surface area (Å²) < 4.78 is 0. The minimum absolute atomic E-state index is 0.754. The molecule has 1 heterocycles. The lowest BCUT2D eigenvalue weighted by Crippen LogP contribution is -1.78. The molecule has 0 N–H and O–H groups in total. The molecule has 1 aromatic heterocycles. The molecule has 2 heteroatoms. The highest BCUT2D eigenvalue weighted by molar-refractivity contribution is 5.77. The van der Waals surface area contributed by atoms with Crippen LogP contribution in [0.5, 0.6) is 0 Å². The van der Waals surface area contributed by atoms with Crippen LogP contribution in [0.4, 0.5) is 0 Å². The van der Waals surface area contributed by atoms with Crippen molar-refractivity contribution in [3.63, 3.8) is 0 Å². The van der Waals surface area contributed by atoms with Gasteiger partial charge in [0, 0.05) is 18.0 Å². The second-order valence-corrected chi connectivity index (χ2v) is 4.57. The lowest BCUT2D eigenvalue weighted by Gasteiger charge is -1.93. The molecule has 0 radical (unpaired) electrons. The van der Waals surface area contributed by atoms with Crippen molar-refractivity contribution in [2.75, 3.05) is 0 Å². The second-order valence-electron chi connectivity index (χ2n) is 4.57. The highest BCUT2D eigenvalue weighted by Crippen LogP contribution is 2.07. The van der Waals surface area contributed by atoms with Gasteiger partial charge < -0.3 is 4.79 Å². The van der Waals surface area contributed by atoms with Gasteiger partial charge in [-0.05, 0) is 18.6 Å². The Bertz CT molecular complexity index is 402. The zero-order valence-electron chi connectivity index (χ0n) is 11.7. The third-order valence-electron chi connectivity index (χ3n) is 2.94. The summed E-state index contributed by atoms with van der Waals surface area (Å²) in [7, 11) is 0. The Morgan fingerprint density at radius 3 is 2.47 bits per heavy atom. The van der Waals surface area contributed by atoms with E-state index >= 15 is 0 Å². The van der Waals surface area contributed by atoms with E-state index in [0.29, 0.717) is 0 Å². The predicted molar refractivity (Wildman–Crippen MR) is 81.2 cm³/mol. The average Bonchev–Trinajstić information content (AvgIpc) is 2.48. The van der Waals surface area contributed by atoms with E-state index < -0.39 is 0 Å². The molecule has 0 spiro atoms. The van der Waals surface area contributed by atoms with Crippen LogP contribution in [0.25, 0.3) is 10.9 Å². The Labute approximate surface area is 115 Å². The lowest BCUT2D eigenvalue weighted by molar-refractivity contribution is -0.107. The molecule has 2 aromatic rings. The van der Waals surface area contributed by atoms with Crippen molar-refractivity contribution >= 4 is 17.2 Å². The first-order chi connectivity index (χ1) is 9.38. The molecular weight excluding hydrogens is 234 g/mol. The van der Waals surface area contributed by atoms with Gasteiger partial charge >= 0.3 is 0 Å². The van der Waals surface area contributed by atoms with Gasteiger partial charge in [0.2, 0.25) is 0 Å². The molecule has 0 aliphatic rings. The van der Waals surface area contributed by atoms with Gasteiger partial charge in [0.15, 0.2) is 0 Å². The molecule has 0 aliphatic heterocycles. The lowest BCUT2D eigenvalue weighted by atomic mass is 10.1.